The van der Waals surface area contributed by atoms with E-state index >= 15 is 0 Å². The summed E-state index contributed by atoms with van der Waals surface area (Å²) < 4.78 is 47.5. The van der Waals surface area contributed by atoms with Crippen molar-refractivity contribution in [3.05, 3.63) is 95.1 Å². The Kier molecular flexibility index (Phi) is 10.2. The van der Waals surface area contributed by atoms with Crippen molar-refractivity contribution in [2.45, 2.75) is 52.0 Å². The summed E-state index contributed by atoms with van der Waals surface area (Å²) in [5.41, 5.74) is 3.06. The highest BCUT2D eigenvalue weighted by Gasteiger charge is 2.30. The maximum absolute atomic E-state index is 12.9. The second-order valence-corrected chi connectivity index (χ2v) is 9.21. The fraction of sp³-hybridized carbons (Fsp3) is 0.321. The predicted octanol–water partition coefficient (Wildman–Crippen LogP) is 8.05. The summed E-state index contributed by atoms with van der Waals surface area (Å²) >= 11 is 1.45. The van der Waals surface area contributed by atoms with Crippen LogP contribution in [0, 0.1) is 0 Å². The van der Waals surface area contributed by atoms with E-state index in [9.17, 15) is 18.0 Å². The molecule has 0 aliphatic carbocycles. The molecule has 1 N–H and O–H groups in total. The molecule has 3 aromatic rings. The minimum absolute atomic E-state index is 0.0983. The van der Waals surface area contributed by atoms with Crippen LogP contribution in [0.15, 0.2) is 72.8 Å². The molecule has 0 fully saturated rings. The number of alkyl halides is 3. The van der Waals surface area contributed by atoms with Gasteiger partial charge in [0.15, 0.2) is 0 Å². The first-order chi connectivity index (χ1) is 16.9. The third-order valence-electron chi connectivity index (χ3n) is 5.50. The third kappa shape index (κ3) is 8.75. The Bertz CT molecular complexity index is 1070. The average Bonchev–Trinajstić information content (AvgIpc) is 2.86. The first kappa shape index (κ1) is 26.8. The quantitative estimate of drug-likeness (QED) is 0.202. The summed E-state index contributed by atoms with van der Waals surface area (Å²) in [5.74, 6) is 0.817. The summed E-state index contributed by atoms with van der Waals surface area (Å²) in [5, 5.41) is 0. The van der Waals surface area contributed by atoms with Crippen LogP contribution in [0.3, 0.4) is 0 Å². The van der Waals surface area contributed by atoms with Crippen molar-refractivity contribution >= 4 is 17.9 Å². The molecule has 3 aromatic carbocycles. The monoisotopic (exact) mass is 501 g/mol. The maximum atomic E-state index is 12.9. The van der Waals surface area contributed by atoms with Gasteiger partial charge in [-0.15, -0.1) is 0 Å². The van der Waals surface area contributed by atoms with Crippen LogP contribution >= 0.6 is 11.9 Å². The molecule has 0 saturated heterocycles. The number of unbranched alkanes of at least 4 members (excludes halogenated alkanes) is 3. The fourth-order valence-corrected chi connectivity index (χ4v) is 4.18. The molecule has 0 unspecified atom stereocenters. The number of nitrogens with one attached hydrogen (secondary N) is 1. The molecular weight excluding hydrogens is 471 g/mol. The molecule has 1 amide bonds. The second kappa shape index (κ2) is 13.4. The van der Waals surface area contributed by atoms with Gasteiger partial charge in [0, 0.05) is 11.3 Å². The van der Waals surface area contributed by atoms with Crippen molar-refractivity contribution < 1.29 is 22.7 Å². The molecule has 0 radical (unpaired) electrons. The minimum Gasteiger partial charge on any atom is -0.372 e. The van der Waals surface area contributed by atoms with Crippen LogP contribution in [0.5, 0.6) is 0 Å². The van der Waals surface area contributed by atoms with E-state index < -0.39 is 11.7 Å². The molecule has 3 nitrogen and oxygen atoms in total. The molecule has 0 heterocycles. The van der Waals surface area contributed by atoms with Crippen molar-refractivity contribution in [2.24, 2.45) is 0 Å². The van der Waals surface area contributed by atoms with Crippen LogP contribution < -0.4 is 4.72 Å². The summed E-state index contributed by atoms with van der Waals surface area (Å²) in [6.45, 7) is 2.94. The van der Waals surface area contributed by atoms with Gasteiger partial charge < -0.3 is 4.74 Å². The average molecular weight is 502 g/mol. The Balaban J connectivity index is 1.44. The van der Waals surface area contributed by atoms with Crippen LogP contribution in [0.25, 0.3) is 11.1 Å². The molecule has 186 valence electrons. The molecule has 0 bridgehead atoms. The van der Waals surface area contributed by atoms with Crippen LogP contribution in [-0.2, 0) is 24.1 Å². The number of amides is 1. The van der Waals surface area contributed by atoms with Gasteiger partial charge in [-0.2, -0.15) is 13.2 Å². The number of rotatable bonds is 12. The molecule has 35 heavy (non-hydrogen) atoms. The van der Waals surface area contributed by atoms with Gasteiger partial charge >= 0.3 is 6.18 Å². The zero-order valence-corrected chi connectivity index (χ0v) is 20.6. The zero-order chi connectivity index (χ0) is 25.1. The largest absolute Gasteiger partial charge is 0.416 e. The molecule has 0 aromatic heterocycles. The first-order valence-electron chi connectivity index (χ1n) is 11.7. The van der Waals surface area contributed by atoms with Crippen LogP contribution in [0.4, 0.5) is 13.2 Å². The predicted molar refractivity (Wildman–Crippen MR) is 136 cm³/mol. The van der Waals surface area contributed by atoms with Crippen LogP contribution in [-0.4, -0.2) is 11.7 Å². The third-order valence-corrected chi connectivity index (χ3v) is 6.32. The van der Waals surface area contributed by atoms with Crippen LogP contribution in [0.2, 0.25) is 0 Å². The summed E-state index contributed by atoms with van der Waals surface area (Å²) in [4.78, 5) is 12.2. The van der Waals surface area contributed by atoms with Gasteiger partial charge in [-0.3, -0.25) is 9.52 Å². The molecule has 0 atom stereocenters. The van der Waals surface area contributed by atoms with E-state index in [1.807, 2.05) is 24.3 Å². The van der Waals surface area contributed by atoms with Gasteiger partial charge in [0.2, 0.25) is 0 Å². The van der Waals surface area contributed by atoms with E-state index in [1.165, 1.54) is 37.3 Å². The van der Waals surface area contributed by atoms with Crippen molar-refractivity contribution in [3.63, 3.8) is 0 Å². The van der Waals surface area contributed by atoms with Gasteiger partial charge in [-0.1, -0.05) is 86.7 Å². The van der Waals surface area contributed by atoms with E-state index in [2.05, 4.69) is 11.6 Å². The molecule has 3 rings (SSSR count). The lowest BCUT2D eigenvalue weighted by atomic mass is 10.0. The lowest BCUT2D eigenvalue weighted by Crippen LogP contribution is -2.16. The minimum atomic E-state index is -4.36. The highest BCUT2D eigenvalue weighted by atomic mass is 32.2. The SMILES string of the molecule is CCCCCCSNC(=O)c1ccc(COCc2ccc(-c3cccc(C(F)(F)F)c3)cc2)cc1. The summed E-state index contributed by atoms with van der Waals surface area (Å²) in [7, 11) is 0. The Hall–Kier alpha value is -2.77. The Morgan fingerprint density at radius 2 is 1.51 bits per heavy atom. The summed E-state index contributed by atoms with van der Waals surface area (Å²) in [6.07, 6.45) is 0.349. The van der Waals surface area contributed by atoms with E-state index in [0.717, 1.165) is 35.4 Å². The molecule has 7 heteroatoms. The number of hydrogen-bond donors (Lipinski definition) is 1. The van der Waals surface area contributed by atoms with Crippen molar-refractivity contribution in [3.8, 4) is 11.1 Å². The van der Waals surface area contributed by atoms with Crippen molar-refractivity contribution in [1.29, 1.82) is 0 Å². The Labute approximate surface area is 209 Å². The van der Waals surface area contributed by atoms with Crippen molar-refractivity contribution in [2.75, 3.05) is 5.75 Å². The number of carbonyl (C=O) groups is 1. The Morgan fingerprint density at radius 3 is 2.14 bits per heavy atom. The normalized spacial score (nSPS) is 11.4. The number of halogens is 3. The number of ether oxygens (including phenoxy) is 1. The van der Waals surface area contributed by atoms with Gasteiger partial charge in [0.25, 0.3) is 5.91 Å². The van der Waals surface area contributed by atoms with Crippen molar-refractivity contribution in [1.82, 2.24) is 4.72 Å². The molecule has 0 spiro atoms. The number of hydrogen-bond acceptors (Lipinski definition) is 3. The van der Waals surface area contributed by atoms with Gasteiger partial charge in [-0.05, 0) is 52.9 Å². The number of benzene rings is 3. The highest BCUT2D eigenvalue weighted by molar-refractivity contribution is 7.97. The molecule has 0 saturated carbocycles. The highest BCUT2D eigenvalue weighted by Crippen LogP contribution is 2.32. The van der Waals surface area contributed by atoms with E-state index in [4.69, 9.17) is 4.74 Å². The lowest BCUT2D eigenvalue weighted by Gasteiger charge is -2.10. The van der Waals surface area contributed by atoms with E-state index in [-0.39, 0.29) is 5.91 Å². The maximum Gasteiger partial charge on any atom is 0.416 e. The van der Waals surface area contributed by atoms with Gasteiger partial charge in [-0.25, -0.2) is 0 Å². The van der Waals surface area contributed by atoms with Crippen LogP contribution in [0.1, 0.15) is 59.7 Å². The molecule has 0 aliphatic rings. The second-order valence-electron chi connectivity index (χ2n) is 8.31. The first-order valence-corrected chi connectivity index (χ1v) is 12.7. The van der Waals surface area contributed by atoms with Gasteiger partial charge in [0.05, 0.1) is 18.8 Å². The molecule has 0 aliphatic heterocycles. The fourth-order valence-electron chi connectivity index (χ4n) is 3.48. The number of carbonyl (C=O) groups excluding carboxylic acids is 1. The smallest absolute Gasteiger partial charge is 0.372 e. The zero-order valence-electron chi connectivity index (χ0n) is 19.7. The summed E-state index contributed by atoms with van der Waals surface area (Å²) in [6, 6.07) is 19.9. The topological polar surface area (TPSA) is 38.3 Å². The van der Waals surface area contributed by atoms with E-state index in [1.54, 1.807) is 30.3 Å². The van der Waals surface area contributed by atoms with E-state index in [0.29, 0.717) is 29.9 Å². The van der Waals surface area contributed by atoms with Gasteiger partial charge in [0.1, 0.15) is 0 Å². The molecular formula is C28H30F3NO2S. The lowest BCUT2D eigenvalue weighted by molar-refractivity contribution is -0.137. The standard InChI is InChI=1S/C28H30F3NO2S/c1-2-3-4-5-17-35-32-27(33)24-15-11-22(12-16-24)20-34-19-21-9-13-23(14-10-21)25-7-6-8-26(18-25)28(29,30)31/h6-16,18H,2-5,17,19-20H2,1H3,(H,32,33). The Morgan fingerprint density at radius 1 is 0.857 bits per heavy atom.